The number of hydrogen-bond donors (Lipinski definition) is 2. The molecular formula is C10H9FN4O. The van der Waals surface area contributed by atoms with E-state index in [0.717, 1.165) is 6.20 Å². The lowest BCUT2D eigenvalue weighted by Crippen LogP contribution is -2.13. The van der Waals surface area contributed by atoms with Gasteiger partial charge in [-0.05, 0) is 19.1 Å². The number of H-pyrrole nitrogens is 1. The second-order valence-electron chi connectivity index (χ2n) is 3.22. The number of nitrogens with zero attached hydrogens (tertiary/aromatic N) is 2. The summed E-state index contributed by atoms with van der Waals surface area (Å²) in [6.45, 7) is 1.74. The van der Waals surface area contributed by atoms with Gasteiger partial charge in [-0.15, -0.1) is 0 Å². The van der Waals surface area contributed by atoms with Crippen molar-refractivity contribution in [1.82, 2.24) is 15.2 Å². The van der Waals surface area contributed by atoms with Crippen molar-refractivity contribution in [2.75, 3.05) is 5.32 Å². The number of nitrogens with one attached hydrogen (secondary N) is 2. The highest BCUT2D eigenvalue weighted by molar-refractivity contribution is 6.04. The molecule has 0 fully saturated rings. The highest BCUT2D eigenvalue weighted by Gasteiger charge is 2.11. The van der Waals surface area contributed by atoms with Crippen LogP contribution in [0.3, 0.4) is 0 Å². The van der Waals surface area contributed by atoms with Gasteiger partial charge in [-0.1, -0.05) is 0 Å². The van der Waals surface area contributed by atoms with Crippen molar-refractivity contribution in [2.45, 2.75) is 6.92 Å². The molecule has 5 nitrogen and oxygen atoms in total. The number of aromatic nitrogens is 3. The van der Waals surface area contributed by atoms with Crippen molar-refractivity contribution in [3.63, 3.8) is 0 Å². The van der Waals surface area contributed by atoms with Gasteiger partial charge in [0.2, 0.25) is 0 Å². The lowest BCUT2D eigenvalue weighted by atomic mass is 10.2. The zero-order chi connectivity index (χ0) is 11.5. The first kappa shape index (κ1) is 10.3. The van der Waals surface area contributed by atoms with Gasteiger partial charge < -0.3 is 5.32 Å². The zero-order valence-electron chi connectivity index (χ0n) is 8.49. The summed E-state index contributed by atoms with van der Waals surface area (Å²) in [5, 5.41) is 8.92. The molecule has 0 atom stereocenters. The van der Waals surface area contributed by atoms with E-state index in [4.69, 9.17) is 0 Å². The molecule has 0 saturated carbocycles. The van der Waals surface area contributed by atoms with Gasteiger partial charge in [0.1, 0.15) is 11.6 Å². The molecule has 0 bridgehead atoms. The molecule has 82 valence electrons. The normalized spacial score (nSPS) is 10.1. The van der Waals surface area contributed by atoms with Crippen LogP contribution in [-0.2, 0) is 0 Å². The minimum absolute atomic E-state index is 0.298. The highest BCUT2D eigenvalue weighted by atomic mass is 19.1. The lowest BCUT2D eigenvalue weighted by molar-refractivity contribution is 0.102. The molecule has 2 N–H and O–H groups in total. The average Bonchev–Trinajstić information content (AvgIpc) is 2.68. The third-order valence-corrected chi connectivity index (χ3v) is 2.04. The first-order valence-corrected chi connectivity index (χ1v) is 4.59. The van der Waals surface area contributed by atoms with Crippen molar-refractivity contribution in [1.29, 1.82) is 0 Å². The lowest BCUT2D eigenvalue weighted by Gasteiger charge is -2.02. The molecule has 0 unspecified atom stereocenters. The third-order valence-electron chi connectivity index (χ3n) is 2.04. The SMILES string of the molecule is Cc1[nH]ncc1C(=O)Nc1ccc(F)cn1. The number of carbonyl (C=O) groups excluding carboxylic acids is 1. The monoisotopic (exact) mass is 220 g/mol. The Balaban J connectivity index is 2.14. The number of anilines is 1. The summed E-state index contributed by atoms with van der Waals surface area (Å²) < 4.78 is 12.6. The maximum absolute atomic E-state index is 12.6. The second-order valence-corrected chi connectivity index (χ2v) is 3.22. The Morgan fingerprint density at radius 3 is 2.81 bits per heavy atom. The van der Waals surface area contributed by atoms with E-state index in [9.17, 15) is 9.18 Å². The van der Waals surface area contributed by atoms with Crippen molar-refractivity contribution >= 4 is 11.7 Å². The molecule has 0 aliphatic heterocycles. The predicted octanol–water partition coefficient (Wildman–Crippen LogP) is 1.50. The fourth-order valence-electron chi connectivity index (χ4n) is 1.21. The first-order valence-electron chi connectivity index (χ1n) is 4.59. The van der Waals surface area contributed by atoms with E-state index < -0.39 is 5.82 Å². The van der Waals surface area contributed by atoms with Crippen LogP contribution >= 0.6 is 0 Å². The maximum Gasteiger partial charge on any atom is 0.260 e. The highest BCUT2D eigenvalue weighted by Crippen LogP contribution is 2.08. The standard InChI is InChI=1S/C10H9FN4O/c1-6-8(5-13-15-6)10(16)14-9-3-2-7(11)4-12-9/h2-5H,1H3,(H,13,15)(H,12,14,16). The van der Waals surface area contributed by atoms with Gasteiger partial charge in [-0.25, -0.2) is 9.37 Å². The minimum atomic E-state index is -0.447. The van der Waals surface area contributed by atoms with E-state index in [1.807, 2.05) is 0 Å². The molecule has 6 heteroatoms. The zero-order valence-corrected chi connectivity index (χ0v) is 8.49. The predicted molar refractivity (Wildman–Crippen MR) is 55.5 cm³/mol. The Morgan fingerprint density at radius 2 is 2.25 bits per heavy atom. The Kier molecular flexibility index (Phi) is 2.63. The number of pyridine rings is 1. The second kappa shape index (κ2) is 4.09. The molecule has 2 aromatic rings. The minimum Gasteiger partial charge on any atom is -0.306 e. The maximum atomic E-state index is 12.6. The molecule has 0 radical (unpaired) electrons. The average molecular weight is 220 g/mol. The Labute approximate surface area is 90.7 Å². The molecule has 0 spiro atoms. The summed E-state index contributed by atoms with van der Waals surface area (Å²) in [5.41, 5.74) is 1.10. The largest absolute Gasteiger partial charge is 0.306 e. The summed E-state index contributed by atoms with van der Waals surface area (Å²) in [6, 6.07) is 2.62. The van der Waals surface area contributed by atoms with Crippen LogP contribution in [0.4, 0.5) is 10.2 Å². The van der Waals surface area contributed by atoms with Crippen LogP contribution in [-0.4, -0.2) is 21.1 Å². The Hall–Kier alpha value is -2.24. The quantitative estimate of drug-likeness (QED) is 0.805. The number of hydrogen-bond acceptors (Lipinski definition) is 3. The van der Waals surface area contributed by atoms with Crippen LogP contribution in [0.1, 0.15) is 16.1 Å². The molecular weight excluding hydrogens is 211 g/mol. The van der Waals surface area contributed by atoms with Crippen molar-refractivity contribution in [3.8, 4) is 0 Å². The van der Waals surface area contributed by atoms with E-state index in [2.05, 4.69) is 20.5 Å². The van der Waals surface area contributed by atoms with Crippen LogP contribution in [0.5, 0.6) is 0 Å². The van der Waals surface area contributed by atoms with Crippen molar-refractivity contribution in [3.05, 3.63) is 41.6 Å². The topological polar surface area (TPSA) is 70.7 Å². The van der Waals surface area contributed by atoms with Gasteiger partial charge in [0.05, 0.1) is 18.0 Å². The summed E-state index contributed by atoms with van der Waals surface area (Å²) in [5.74, 6) is -0.477. The van der Waals surface area contributed by atoms with E-state index in [1.54, 1.807) is 6.92 Å². The van der Waals surface area contributed by atoms with Crippen LogP contribution in [0.15, 0.2) is 24.5 Å². The molecule has 0 saturated heterocycles. The van der Waals surface area contributed by atoms with E-state index >= 15 is 0 Å². The van der Waals surface area contributed by atoms with Crippen molar-refractivity contribution < 1.29 is 9.18 Å². The molecule has 0 aromatic carbocycles. The van der Waals surface area contributed by atoms with Crippen molar-refractivity contribution in [2.24, 2.45) is 0 Å². The molecule has 1 amide bonds. The molecule has 2 rings (SSSR count). The number of amides is 1. The Morgan fingerprint density at radius 1 is 1.44 bits per heavy atom. The Bertz CT molecular complexity index is 506. The summed E-state index contributed by atoms with van der Waals surface area (Å²) in [4.78, 5) is 15.4. The van der Waals surface area contributed by atoms with Gasteiger partial charge in [0.25, 0.3) is 5.91 Å². The van der Waals surface area contributed by atoms with E-state index in [-0.39, 0.29) is 5.91 Å². The van der Waals surface area contributed by atoms with E-state index in [1.165, 1.54) is 18.3 Å². The number of aromatic amines is 1. The summed E-state index contributed by atoms with van der Waals surface area (Å²) >= 11 is 0. The molecule has 2 aromatic heterocycles. The van der Waals surface area contributed by atoms with Gasteiger partial charge in [0.15, 0.2) is 0 Å². The molecule has 2 heterocycles. The van der Waals surface area contributed by atoms with Gasteiger partial charge in [-0.2, -0.15) is 5.10 Å². The molecule has 16 heavy (non-hydrogen) atoms. The summed E-state index contributed by atoms with van der Waals surface area (Å²) in [6.07, 6.45) is 2.46. The number of carbonyl (C=O) groups is 1. The van der Waals surface area contributed by atoms with Gasteiger partial charge >= 0.3 is 0 Å². The fraction of sp³-hybridized carbons (Fsp3) is 0.100. The van der Waals surface area contributed by atoms with Crippen LogP contribution in [0, 0.1) is 12.7 Å². The third kappa shape index (κ3) is 2.05. The number of halogens is 1. The van der Waals surface area contributed by atoms with Crippen LogP contribution in [0.25, 0.3) is 0 Å². The fourth-order valence-corrected chi connectivity index (χ4v) is 1.21. The summed E-state index contributed by atoms with van der Waals surface area (Å²) in [7, 11) is 0. The first-order chi connectivity index (χ1) is 7.66. The molecule has 0 aliphatic rings. The number of rotatable bonds is 2. The smallest absolute Gasteiger partial charge is 0.260 e. The van der Waals surface area contributed by atoms with E-state index in [0.29, 0.717) is 17.1 Å². The molecule has 0 aliphatic carbocycles. The van der Waals surface area contributed by atoms with Crippen LogP contribution in [0.2, 0.25) is 0 Å². The van der Waals surface area contributed by atoms with Gasteiger partial charge in [0, 0.05) is 5.69 Å². The number of aryl methyl sites for hydroxylation is 1. The van der Waals surface area contributed by atoms with Gasteiger partial charge in [-0.3, -0.25) is 9.89 Å². The van der Waals surface area contributed by atoms with Crippen LogP contribution < -0.4 is 5.32 Å².